The van der Waals surface area contributed by atoms with Gasteiger partial charge in [0.25, 0.3) is 0 Å². The maximum atomic E-state index is 6.22. The maximum absolute atomic E-state index is 6.22. The van der Waals surface area contributed by atoms with Crippen LogP contribution in [-0.4, -0.2) is 87.8 Å². The summed E-state index contributed by atoms with van der Waals surface area (Å²) in [5.74, 6) is 1.90. The number of rotatable bonds is 9. The van der Waals surface area contributed by atoms with E-state index in [1.165, 1.54) is 0 Å². The number of aromatic amines is 2. The summed E-state index contributed by atoms with van der Waals surface area (Å²) in [6.07, 6.45) is 4.66. The van der Waals surface area contributed by atoms with Gasteiger partial charge in [-0.25, -0.2) is 0 Å². The van der Waals surface area contributed by atoms with E-state index in [4.69, 9.17) is 32.2 Å². The predicted molar refractivity (Wildman–Crippen MR) is 165 cm³/mol. The second-order valence-corrected chi connectivity index (χ2v) is 9.88. The van der Waals surface area contributed by atoms with E-state index in [0.717, 1.165) is 44.2 Å². The molecule has 12 N–H and O–H groups in total. The molecule has 0 saturated carbocycles. The summed E-state index contributed by atoms with van der Waals surface area (Å²) in [5.41, 5.74) is 8.77. The van der Waals surface area contributed by atoms with Crippen molar-refractivity contribution in [3.05, 3.63) is 52.9 Å². The Morgan fingerprint density at radius 2 is 1.87 bits per heavy atom. The van der Waals surface area contributed by atoms with Crippen LogP contribution in [-0.2, 0) is 9.47 Å². The highest BCUT2D eigenvalue weighted by molar-refractivity contribution is 8.15. The first-order valence-corrected chi connectivity index (χ1v) is 13.2. The number of aliphatic imine (C=N–C) groups is 1. The van der Waals surface area contributed by atoms with E-state index in [-0.39, 0.29) is 40.9 Å². The van der Waals surface area contributed by atoms with Gasteiger partial charge in [0.1, 0.15) is 15.4 Å². The molecule has 0 saturated heterocycles. The number of methoxy groups -OCH3 is 2. The molecule has 2 aromatic heterocycles. The van der Waals surface area contributed by atoms with Crippen LogP contribution in [0.15, 0.2) is 47.6 Å². The number of H-pyrrole nitrogens is 2. The van der Waals surface area contributed by atoms with Crippen molar-refractivity contribution in [1.82, 2.24) is 9.97 Å². The zero-order valence-electron chi connectivity index (χ0n) is 21.0. The first-order valence-electron chi connectivity index (χ1n) is 10.5. The van der Waals surface area contributed by atoms with E-state index >= 15 is 0 Å². The number of nitrogen functional groups attached to an aromatic ring is 1. The number of hydrogen-bond acceptors (Lipinski definition) is 8. The van der Waals surface area contributed by atoms with Crippen LogP contribution in [0.5, 0.6) is 5.75 Å². The van der Waals surface area contributed by atoms with Crippen LogP contribution in [0.3, 0.4) is 0 Å². The van der Waals surface area contributed by atoms with Crippen molar-refractivity contribution in [2.24, 2.45) is 4.99 Å². The molecule has 1 aromatic carbocycles. The minimum Gasteiger partial charge on any atom is -0.493 e. The van der Waals surface area contributed by atoms with Gasteiger partial charge in [0.05, 0.1) is 35.3 Å². The van der Waals surface area contributed by atoms with Crippen molar-refractivity contribution in [3.63, 3.8) is 0 Å². The number of fused-ring (bicyclic) bond motifs is 1. The molecule has 14 heteroatoms. The molecular weight excluding hydrogens is 552 g/mol. The minimum absolute atomic E-state index is 0. The lowest BCUT2D eigenvalue weighted by atomic mass is 10.2. The Morgan fingerprint density at radius 3 is 2.42 bits per heavy atom. The van der Waals surface area contributed by atoms with Gasteiger partial charge in [0.2, 0.25) is 0 Å². The fourth-order valence-corrected chi connectivity index (χ4v) is 5.00. The van der Waals surface area contributed by atoms with Gasteiger partial charge in [-0.05, 0) is 42.7 Å². The van der Waals surface area contributed by atoms with Gasteiger partial charge in [-0.1, -0.05) is 37.5 Å². The number of ether oxygens (including phenoxy) is 3. The van der Waals surface area contributed by atoms with Gasteiger partial charge in [-0.3, -0.25) is 4.99 Å². The van der Waals surface area contributed by atoms with Crippen molar-refractivity contribution >= 4 is 57.4 Å². The van der Waals surface area contributed by atoms with E-state index in [1.54, 1.807) is 26.0 Å². The monoisotopic (exact) mass is 594 g/mol. The highest BCUT2D eigenvalue weighted by atomic mass is 32.2. The number of thioether (sulfide) groups is 2. The van der Waals surface area contributed by atoms with Crippen LogP contribution in [0.25, 0.3) is 10.9 Å². The van der Waals surface area contributed by atoms with E-state index in [1.807, 2.05) is 48.3 Å². The molecular formula is C24H42N4O7S3. The molecule has 0 spiro atoms. The third-order valence-corrected chi connectivity index (χ3v) is 7.05. The van der Waals surface area contributed by atoms with Crippen molar-refractivity contribution in [1.29, 1.82) is 0 Å². The van der Waals surface area contributed by atoms with Crippen LogP contribution in [0.4, 0.5) is 5.69 Å². The molecule has 1 unspecified atom stereocenters. The first-order chi connectivity index (χ1) is 16.0. The highest BCUT2D eigenvalue weighted by Crippen LogP contribution is 2.33. The average molecular weight is 595 g/mol. The Bertz CT molecular complexity index is 1110. The van der Waals surface area contributed by atoms with Gasteiger partial charge in [0.15, 0.2) is 6.29 Å². The topological polar surface area (TPSA) is 224 Å². The lowest BCUT2D eigenvalue weighted by Crippen LogP contribution is -2.28. The molecule has 218 valence electrons. The second kappa shape index (κ2) is 20.8. The zero-order chi connectivity index (χ0) is 23.6. The summed E-state index contributed by atoms with van der Waals surface area (Å²) in [5, 5.41) is 2.13. The molecule has 0 fully saturated rings. The summed E-state index contributed by atoms with van der Waals surface area (Å²) in [7, 11) is 3.30. The quantitative estimate of drug-likeness (QED) is 0.145. The number of anilines is 1. The van der Waals surface area contributed by atoms with E-state index in [9.17, 15) is 0 Å². The highest BCUT2D eigenvalue weighted by Gasteiger charge is 2.29. The molecule has 0 bridgehead atoms. The molecule has 11 nitrogen and oxygen atoms in total. The van der Waals surface area contributed by atoms with Crippen molar-refractivity contribution in [2.45, 2.75) is 25.4 Å². The third kappa shape index (κ3) is 11.3. The number of aromatic nitrogens is 2. The lowest BCUT2D eigenvalue weighted by Gasteiger charge is -2.18. The third-order valence-electron chi connectivity index (χ3n) is 4.85. The number of nitrogens with one attached hydrogen (secondary N) is 2. The molecule has 1 aliphatic heterocycles. The molecule has 38 heavy (non-hydrogen) atoms. The van der Waals surface area contributed by atoms with Crippen molar-refractivity contribution in [2.75, 3.05) is 45.1 Å². The predicted octanol–water partition coefficient (Wildman–Crippen LogP) is 2.44. The standard InChI is InChI=1S/C18H25N3O3S2.C5H5NS.CH4.4H2O/c1-22-18(23-2)15-10-20-17(26-15)14-8-11-7-12(24-5-4-6-25-3)9-13(19)16(11)21-14;7-5-3-1-2-4-6-5;;;;;/h7-9,15,18,21H,4-6,10,19H2,1-3H3;1-4H,(H,6,7);1H4;4*1H2. The Hall–Kier alpha value is -2.14. The van der Waals surface area contributed by atoms with Gasteiger partial charge in [-0.2, -0.15) is 11.8 Å². The van der Waals surface area contributed by atoms with Gasteiger partial charge in [0, 0.05) is 31.9 Å². The number of nitrogens with zero attached hydrogens (tertiary/aromatic N) is 1. The molecule has 4 rings (SSSR count). The number of nitrogens with two attached hydrogens (primary N) is 1. The Labute approximate surface area is 237 Å². The summed E-state index contributed by atoms with van der Waals surface area (Å²) in [6.45, 7) is 1.36. The number of pyridine rings is 1. The van der Waals surface area contributed by atoms with Crippen molar-refractivity contribution in [3.8, 4) is 5.75 Å². The number of benzene rings is 1. The smallest absolute Gasteiger partial charge is 0.170 e. The van der Waals surface area contributed by atoms with E-state index < -0.39 is 0 Å². The molecule has 3 aromatic rings. The first kappa shape index (κ1) is 40.4. The molecule has 3 heterocycles. The van der Waals surface area contributed by atoms with Gasteiger partial charge in [-0.15, -0.1) is 0 Å². The van der Waals surface area contributed by atoms with Crippen LogP contribution >= 0.6 is 35.7 Å². The molecule has 1 aliphatic rings. The average Bonchev–Trinajstić information content (AvgIpc) is 3.46. The fraction of sp³-hybridized carbons (Fsp3) is 0.417. The van der Waals surface area contributed by atoms with Crippen molar-refractivity contribution < 1.29 is 36.1 Å². The molecule has 0 amide bonds. The Balaban J connectivity index is -0.000000896. The summed E-state index contributed by atoms with van der Waals surface area (Å²) >= 11 is 8.24. The minimum atomic E-state index is -0.267. The maximum Gasteiger partial charge on any atom is 0.170 e. The summed E-state index contributed by atoms with van der Waals surface area (Å²) < 4.78 is 17.3. The Morgan fingerprint density at radius 1 is 1.16 bits per heavy atom. The largest absolute Gasteiger partial charge is 0.493 e. The normalized spacial score (nSPS) is 13.4. The van der Waals surface area contributed by atoms with Crippen LogP contribution in [0.2, 0.25) is 0 Å². The second-order valence-electron chi connectivity index (χ2n) is 7.22. The zero-order valence-corrected chi connectivity index (χ0v) is 23.4. The number of hydrogen-bond donors (Lipinski definition) is 3. The van der Waals surface area contributed by atoms with E-state index in [2.05, 4.69) is 27.3 Å². The molecule has 1 atom stereocenters. The van der Waals surface area contributed by atoms with Gasteiger partial charge < -0.3 is 51.8 Å². The van der Waals surface area contributed by atoms with Crippen LogP contribution in [0, 0.1) is 4.64 Å². The fourth-order valence-electron chi connectivity index (χ4n) is 3.29. The van der Waals surface area contributed by atoms with Crippen LogP contribution in [0.1, 0.15) is 19.5 Å². The molecule has 0 aliphatic carbocycles. The van der Waals surface area contributed by atoms with Gasteiger partial charge >= 0.3 is 0 Å². The van der Waals surface area contributed by atoms with E-state index in [0.29, 0.717) is 18.8 Å². The van der Waals surface area contributed by atoms with Crippen LogP contribution < -0.4 is 10.5 Å². The summed E-state index contributed by atoms with van der Waals surface area (Å²) in [4.78, 5) is 10.9. The lowest BCUT2D eigenvalue weighted by molar-refractivity contribution is -0.0994. The SMILES string of the molecule is C.COC(OC)C1CN=C(c2cc3cc(OCCCSC)cc(N)c3[nH]2)S1.O.O.O.O.S=c1cccc[nH]1. The molecule has 0 radical (unpaired) electrons. The summed E-state index contributed by atoms with van der Waals surface area (Å²) in [6, 6.07) is 11.6. The Kier molecular flexibility index (Phi) is 22.1.